The number of phenols is 1. The first kappa shape index (κ1) is 42.6. The molecule has 4 aromatic rings. The number of nitriles is 1. The Hall–Kier alpha value is -5.99. The number of aromatic hydroxyl groups is 1. The Labute approximate surface area is 386 Å². The summed E-state index contributed by atoms with van der Waals surface area (Å²) in [5.41, 5.74) is 4.29. The van der Waals surface area contributed by atoms with Gasteiger partial charge in [-0.25, -0.2) is 4.79 Å². The lowest BCUT2D eigenvalue weighted by Gasteiger charge is -2.62. The Balaban J connectivity index is 1.09. The van der Waals surface area contributed by atoms with E-state index in [2.05, 4.69) is 27.3 Å². The van der Waals surface area contributed by atoms with E-state index < -0.39 is 58.5 Å². The summed E-state index contributed by atoms with van der Waals surface area (Å²) in [6.45, 7) is 5.45. The van der Waals surface area contributed by atoms with Gasteiger partial charge >= 0.3 is 17.9 Å². The zero-order valence-corrected chi connectivity index (χ0v) is 38.3. The van der Waals surface area contributed by atoms with Crippen molar-refractivity contribution >= 4 is 29.7 Å². The summed E-state index contributed by atoms with van der Waals surface area (Å²) in [4.78, 5) is 46.3. The third-order valence-corrected chi connectivity index (χ3v) is 16.4. The lowest BCUT2D eigenvalue weighted by Crippen LogP contribution is -2.71. The molecule has 1 aliphatic carbocycles. The van der Waals surface area contributed by atoms with Gasteiger partial charge in [0.05, 0.1) is 37.1 Å². The number of aryl methyl sites for hydroxylation is 2. The number of hydrogen-bond donors (Lipinski definition) is 2. The van der Waals surface area contributed by atoms with Gasteiger partial charge in [0.25, 0.3) is 0 Å². The van der Waals surface area contributed by atoms with Gasteiger partial charge in [-0.15, -0.1) is 11.8 Å². The van der Waals surface area contributed by atoms with Crippen LogP contribution in [0.2, 0.25) is 0 Å². The van der Waals surface area contributed by atoms with Gasteiger partial charge in [-0.05, 0) is 80.1 Å². The second-order valence-corrected chi connectivity index (χ2v) is 19.5. The number of methoxy groups -OCH3 is 2. The third-order valence-electron chi connectivity index (χ3n) is 15.0. The van der Waals surface area contributed by atoms with Gasteiger partial charge in [0.2, 0.25) is 6.79 Å². The van der Waals surface area contributed by atoms with Crippen LogP contribution in [0.1, 0.15) is 81.1 Å². The van der Waals surface area contributed by atoms with E-state index in [0.717, 1.165) is 22.3 Å². The summed E-state index contributed by atoms with van der Waals surface area (Å²) in [6, 6.07) is 16.0. The molecule has 2 spiro atoms. The number of benzene rings is 4. The lowest BCUT2D eigenvalue weighted by atomic mass is 9.70. The topological polar surface area (TPSA) is 178 Å². The maximum absolute atomic E-state index is 15.4. The van der Waals surface area contributed by atoms with E-state index >= 15 is 4.79 Å². The van der Waals surface area contributed by atoms with Crippen LogP contribution >= 0.6 is 11.8 Å². The molecule has 0 amide bonds. The fourth-order valence-corrected chi connectivity index (χ4v) is 13.8. The van der Waals surface area contributed by atoms with Gasteiger partial charge < -0.3 is 38.3 Å². The average Bonchev–Trinajstić information content (AvgIpc) is 3.75. The van der Waals surface area contributed by atoms with Crippen molar-refractivity contribution in [1.82, 2.24) is 15.1 Å². The Morgan fingerprint density at radius 1 is 1.02 bits per heavy atom. The van der Waals surface area contributed by atoms with Crippen molar-refractivity contribution in [3.63, 3.8) is 0 Å². The molecular weight excluding hydrogens is 865 g/mol. The molecule has 0 aromatic heterocycles. The lowest BCUT2D eigenvalue weighted by molar-refractivity contribution is -0.158. The molecule has 15 nitrogen and oxygen atoms in total. The van der Waals surface area contributed by atoms with Gasteiger partial charge in [-0.1, -0.05) is 36.4 Å². The summed E-state index contributed by atoms with van der Waals surface area (Å²) in [5.74, 6) is 0.910. The van der Waals surface area contributed by atoms with Crippen LogP contribution < -0.4 is 33.7 Å². The molecule has 2 unspecified atom stereocenters. The van der Waals surface area contributed by atoms with Crippen LogP contribution in [0.4, 0.5) is 0 Å². The van der Waals surface area contributed by atoms with Crippen molar-refractivity contribution in [2.45, 2.75) is 99.5 Å². The maximum atomic E-state index is 15.4. The summed E-state index contributed by atoms with van der Waals surface area (Å²) in [5, 5.41) is 26.6. The quantitative estimate of drug-likeness (QED) is 0.169. The fraction of sp³-hybridized carbons (Fsp3) is 0.440. The van der Waals surface area contributed by atoms with Crippen molar-refractivity contribution in [2.24, 2.45) is 0 Å². The number of carbonyl (C=O) groups is 3. The number of carbonyl (C=O) groups excluding carboxylic acids is 3. The monoisotopic (exact) mass is 914 g/mol. The first-order chi connectivity index (χ1) is 31.9. The minimum Gasteiger partial charge on any atom is -0.504 e. The van der Waals surface area contributed by atoms with Crippen molar-refractivity contribution in [2.75, 3.05) is 40.4 Å². The molecule has 3 fully saturated rings. The van der Waals surface area contributed by atoms with E-state index in [9.17, 15) is 20.0 Å². The number of hydrogen-bond acceptors (Lipinski definition) is 16. The molecule has 16 heteroatoms. The summed E-state index contributed by atoms with van der Waals surface area (Å²) < 4.78 is 43.2. The number of rotatable bonds is 7. The molecule has 2 saturated heterocycles. The van der Waals surface area contributed by atoms with E-state index in [0.29, 0.717) is 83.0 Å². The molecule has 4 bridgehead atoms. The highest BCUT2D eigenvalue weighted by Gasteiger charge is 2.75. The maximum Gasteiger partial charge on any atom is 0.332 e. The molecular formula is C50H50N4O11S. The number of likely N-dealkylation sites (N-methyl/N-ethyl adjacent to an activating group) is 1. The molecule has 12 rings (SSSR count). The molecule has 7 aliphatic heterocycles. The van der Waals surface area contributed by atoms with Gasteiger partial charge in [-0.2, -0.15) is 5.26 Å². The van der Waals surface area contributed by atoms with Crippen molar-refractivity contribution in [3.05, 3.63) is 98.6 Å². The van der Waals surface area contributed by atoms with Crippen LogP contribution in [-0.2, 0) is 49.5 Å². The highest BCUT2D eigenvalue weighted by atomic mass is 32.2. The molecule has 7 heterocycles. The molecule has 342 valence electrons. The number of piperazine rings is 1. The number of esters is 3. The van der Waals surface area contributed by atoms with Crippen LogP contribution in [0.5, 0.6) is 40.2 Å². The van der Waals surface area contributed by atoms with Crippen molar-refractivity contribution in [1.29, 1.82) is 5.26 Å². The minimum atomic E-state index is -1.43. The molecule has 66 heavy (non-hydrogen) atoms. The molecule has 8 atom stereocenters. The normalized spacial score (nSPS) is 28.7. The van der Waals surface area contributed by atoms with E-state index in [1.807, 2.05) is 51.2 Å². The predicted molar refractivity (Wildman–Crippen MR) is 239 cm³/mol. The zero-order chi connectivity index (χ0) is 46.0. The second-order valence-electron chi connectivity index (χ2n) is 18.4. The highest BCUT2D eigenvalue weighted by Crippen LogP contribution is 2.72. The van der Waals surface area contributed by atoms with E-state index in [1.54, 1.807) is 19.2 Å². The second kappa shape index (κ2) is 15.5. The SMILES string of the molecule is COc1cc2c(cc1OC(=O)CCc1ccccc1)CCN[C@]21CS[C@@H]2c3c(OC(C)=O)c(C)c4c(c3C3(C[C@H]3OC1=O)N1C2[C@H]2c3c(cc(C)c(OC)c3O)C[C@@H]([C@@H]1C#N)N2C)OCO4. The molecule has 2 N–H and O–H groups in total. The fourth-order valence-electron chi connectivity index (χ4n) is 12.1. The first-order valence-electron chi connectivity index (χ1n) is 22.3. The average molecular weight is 915 g/mol. The summed E-state index contributed by atoms with van der Waals surface area (Å²) in [6.07, 6.45) is 1.20. The van der Waals surface area contributed by atoms with Crippen LogP contribution in [0.25, 0.3) is 0 Å². The Bertz CT molecular complexity index is 2800. The van der Waals surface area contributed by atoms with Gasteiger partial charge in [-0.3, -0.25) is 24.7 Å². The molecule has 4 aromatic carbocycles. The Kier molecular flexibility index (Phi) is 10.0. The number of phenolic OH excluding ortho intramolecular Hbond substituents is 1. The predicted octanol–water partition coefficient (Wildman–Crippen LogP) is 5.75. The Morgan fingerprint density at radius 3 is 2.55 bits per heavy atom. The number of nitrogens with one attached hydrogen (secondary N) is 1. The Morgan fingerprint density at radius 2 is 1.80 bits per heavy atom. The van der Waals surface area contributed by atoms with Crippen LogP contribution in [0, 0.1) is 25.2 Å². The number of nitrogens with zero attached hydrogens (tertiary/aromatic N) is 3. The van der Waals surface area contributed by atoms with E-state index in [-0.39, 0.29) is 42.3 Å². The first-order valence-corrected chi connectivity index (χ1v) is 23.4. The van der Waals surface area contributed by atoms with Crippen LogP contribution in [0.15, 0.2) is 48.5 Å². The van der Waals surface area contributed by atoms with Crippen molar-refractivity contribution in [3.8, 4) is 46.3 Å². The number of fused-ring (bicyclic) bond motifs is 8. The number of ether oxygens (including phenoxy) is 7. The smallest absolute Gasteiger partial charge is 0.332 e. The van der Waals surface area contributed by atoms with Gasteiger partial charge in [0, 0.05) is 66.4 Å². The van der Waals surface area contributed by atoms with E-state index in [4.69, 9.17) is 33.2 Å². The van der Waals surface area contributed by atoms with E-state index in [1.165, 1.54) is 25.8 Å². The molecule has 0 radical (unpaired) electrons. The zero-order valence-electron chi connectivity index (χ0n) is 37.5. The third kappa shape index (κ3) is 6.02. The molecule has 1 saturated carbocycles. The standard InChI is InChI=1S/C50H50N4O11S/c1-24-16-29-17-31-32(21-51)54-41(40(53(31)4)37(29)42(57)43(24)60-6)47-38-39(46-45(61-23-62-46)25(2)44(38)63-26(3)55)50(54)20-35(50)65-48(58)49(22-66-47)30-19-33(59-5)34(18-28(30)14-15-52-49)64-36(56)13-12-27-10-8-7-9-11-27/h7-11,16,18-19,31-32,35,40-41,47,52,57H,12-15,17,20,22-23H2,1-6H3/t31-,32-,35+,40+,41?,47+,49+,50?/m0/s1. The van der Waals surface area contributed by atoms with Crippen molar-refractivity contribution < 1.29 is 52.6 Å². The highest BCUT2D eigenvalue weighted by molar-refractivity contribution is 7.99. The number of thioether (sulfide) groups is 1. The van der Waals surface area contributed by atoms with Gasteiger partial charge in [0.15, 0.2) is 40.0 Å². The summed E-state index contributed by atoms with van der Waals surface area (Å²) >= 11 is 1.49. The summed E-state index contributed by atoms with van der Waals surface area (Å²) in [7, 11) is 5.05. The van der Waals surface area contributed by atoms with Gasteiger partial charge in [0.1, 0.15) is 17.9 Å². The largest absolute Gasteiger partial charge is 0.504 e. The van der Waals surface area contributed by atoms with Crippen LogP contribution in [0.3, 0.4) is 0 Å². The molecule has 8 aliphatic rings. The van der Waals surface area contributed by atoms with Crippen LogP contribution in [-0.4, -0.2) is 97.4 Å². The minimum absolute atomic E-state index is 0.0395.